The van der Waals surface area contributed by atoms with E-state index in [1.165, 1.54) is 0 Å². The molecule has 0 aliphatic rings. The minimum atomic E-state index is -0.587. The van der Waals surface area contributed by atoms with Gasteiger partial charge in [-0.05, 0) is 74.9 Å². The molecule has 2 aromatic rings. The molecule has 0 heterocycles. The molecule has 2 N–H and O–H groups in total. The van der Waals surface area contributed by atoms with E-state index >= 15 is 0 Å². The number of alkyl carbamates (subject to hydrolysis) is 2. The molecule has 12 heteroatoms. The average Bonchev–Trinajstić information content (AvgIpc) is 3.06. The summed E-state index contributed by atoms with van der Waals surface area (Å²) in [6.07, 6.45) is -0.155. The average molecular weight is 711 g/mol. The Morgan fingerprint density at radius 3 is 1.22 bits per heavy atom. The molecule has 0 fully saturated rings. The van der Waals surface area contributed by atoms with Crippen LogP contribution in [0.1, 0.15) is 73.9 Å². The van der Waals surface area contributed by atoms with Crippen LogP contribution in [0.5, 0.6) is 11.5 Å². The molecule has 2 amide bonds. The maximum absolute atomic E-state index is 11.9. The van der Waals surface area contributed by atoms with Crippen molar-refractivity contribution in [3.05, 3.63) is 82.0 Å². The van der Waals surface area contributed by atoms with Gasteiger partial charge in [0.2, 0.25) is 0 Å². The molecule has 280 valence electrons. The van der Waals surface area contributed by atoms with E-state index in [4.69, 9.17) is 28.4 Å². The number of esters is 2. The Hall–Kier alpha value is -5.00. The van der Waals surface area contributed by atoms with E-state index in [-0.39, 0.29) is 44.9 Å². The summed E-state index contributed by atoms with van der Waals surface area (Å²) in [6, 6.07) is 8.58. The quantitative estimate of drug-likeness (QED) is 0.0678. The predicted molar refractivity (Wildman–Crippen MR) is 194 cm³/mol. The lowest BCUT2D eigenvalue weighted by Gasteiger charge is -2.29. The maximum Gasteiger partial charge on any atom is 0.407 e. The predicted octanol–water partition coefficient (Wildman–Crippen LogP) is 6.47. The first-order valence-corrected chi connectivity index (χ1v) is 17.0. The van der Waals surface area contributed by atoms with Crippen LogP contribution in [0.4, 0.5) is 9.59 Å². The molecule has 12 nitrogen and oxygen atoms in total. The summed E-state index contributed by atoms with van der Waals surface area (Å²) in [5.74, 6) is 0.603. The number of aryl methyl sites for hydroxylation is 4. The second kappa shape index (κ2) is 20.6. The van der Waals surface area contributed by atoms with Gasteiger partial charge < -0.3 is 39.1 Å². The number of nitrogens with one attached hydrogen (secondary N) is 2. The van der Waals surface area contributed by atoms with Gasteiger partial charge in [0.05, 0.1) is 39.5 Å². The van der Waals surface area contributed by atoms with Crippen LogP contribution in [0.25, 0.3) is 0 Å². The fourth-order valence-corrected chi connectivity index (χ4v) is 4.98. The first kappa shape index (κ1) is 42.2. The van der Waals surface area contributed by atoms with Crippen LogP contribution in [0.15, 0.2) is 48.6 Å². The Morgan fingerprint density at radius 1 is 0.569 bits per heavy atom. The Labute approximate surface area is 301 Å². The number of benzene rings is 2. The highest BCUT2D eigenvalue weighted by molar-refractivity contribution is 5.87. The topological polar surface area (TPSA) is 148 Å². The van der Waals surface area contributed by atoms with Crippen molar-refractivity contribution in [2.24, 2.45) is 0 Å². The summed E-state index contributed by atoms with van der Waals surface area (Å²) in [6.45, 7) is 24.1. The summed E-state index contributed by atoms with van der Waals surface area (Å²) >= 11 is 0. The number of ether oxygens (including phenoxy) is 6. The first-order chi connectivity index (χ1) is 24.0. The molecule has 2 aromatic carbocycles. The zero-order chi connectivity index (χ0) is 38.1. The number of amides is 2. The van der Waals surface area contributed by atoms with Gasteiger partial charge in [0.1, 0.15) is 24.7 Å². The normalized spacial score (nSPS) is 10.8. The second-order valence-corrected chi connectivity index (χ2v) is 12.9. The fourth-order valence-electron chi connectivity index (χ4n) is 4.98. The summed E-state index contributed by atoms with van der Waals surface area (Å²) in [7, 11) is 0. The number of hydrogen-bond acceptors (Lipinski definition) is 10. The minimum Gasteiger partial charge on any atom is -0.493 e. The van der Waals surface area contributed by atoms with Crippen molar-refractivity contribution in [2.45, 2.75) is 73.6 Å². The standard InChI is InChI=1S/C39H54N2O10/c1-25(2)35(42)48-19-13-40-37(44)50-17-11-15-46-33-27(5)21-31(22-28(33)6)39(9,10)32-23-29(7)34(30(8)24-32)47-16-12-18-51-38(45)41-14-20-49-36(43)26(3)4/h21-24H,1,3,11-20H2,2,4-10H3,(H,40,44)(H,41,45). The third kappa shape index (κ3) is 14.0. The molecule has 2 rings (SSSR count). The molecule has 51 heavy (non-hydrogen) atoms. The Kier molecular flexibility index (Phi) is 17.0. The Balaban J connectivity index is 1.84. The number of carbonyl (C=O) groups is 4. The highest BCUT2D eigenvalue weighted by atomic mass is 16.6. The molecular formula is C39H54N2O10. The lowest BCUT2D eigenvalue weighted by atomic mass is 9.76. The zero-order valence-electron chi connectivity index (χ0n) is 31.4. The van der Waals surface area contributed by atoms with Gasteiger partial charge in [0.25, 0.3) is 0 Å². The van der Waals surface area contributed by atoms with Crippen molar-refractivity contribution in [1.29, 1.82) is 0 Å². The summed E-state index contributed by atoms with van der Waals surface area (Å²) in [5.41, 5.74) is 6.62. The molecule has 0 aliphatic carbocycles. The van der Waals surface area contributed by atoms with Gasteiger partial charge in [-0.3, -0.25) is 0 Å². The van der Waals surface area contributed by atoms with Crippen molar-refractivity contribution in [3.8, 4) is 11.5 Å². The smallest absolute Gasteiger partial charge is 0.407 e. The van der Waals surface area contributed by atoms with Gasteiger partial charge in [-0.2, -0.15) is 0 Å². The van der Waals surface area contributed by atoms with Gasteiger partial charge in [0.15, 0.2) is 0 Å². The Morgan fingerprint density at radius 2 is 0.902 bits per heavy atom. The van der Waals surface area contributed by atoms with Crippen LogP contribution in [0.3, 0.4) is 0 Å². The third-order valence-electron chi connectivity index (χ3n) is 7.81. The molecular weight excluding hydrogens is 656 g/mol. The van der Waals surface area contributed by atoms with Crippen LogP contribution in [0, 0.1) is 27.7 Å². The minimum absolute atomic E-state index is 0.0381. The van der Waals surface area contributed by atoms with E-state index in [2.05, 4.69) is 61.9 Å². The van der Waals surface area contributed by atoms with Crippen LogP contribution in [0.2, 0.25) is 0 Å². The van der Waals surface area contributed by atoms with Crippen LogP contribution < -0.4 is 20.1 Å². The molecule has 0 bridgehead atoms. The molecule has 0 aliphatic heterocycles. The summed E-state index contributed by atoms with van der Waals surface area (Å²) in [5, 5.41) is 5.06. The van der Waals surface area contributed by atoms with Gasteiger partial charge in [-0.1, -0.05) is 51.3 Å². The van der Waals surface area contributed by atoms with Gasteiger partial charge in [0, 0.05) is 29.4 Å². The number of rotatable bonds is 20. The van der Waals surface area contributed by atoms with Gasteiger partial charge >= 0.3 is 24.1 Å². The molecule has 0 aromatic heterocycles. The monoisotopic (exact) mass is 710 g/mol. The van der Waals surface area contributed by atoms with Gasteiger partial charge in [-0.15, -0.1) is 0 Å². The largest absolute Gasteiger partial charge is 0.493 e. The van der Waals surface area contributed by atoms with E-state index in [1.54, 1.807) is 13.8 Å². The highest BCUT2D eigenvalue weighted by Crippen LogP contribution is 2.38. The van der Waals surface area contributed by atoms with E-state index in [1.807, 2.05) is 27.7 Å². The number of hydrogen-bond donors (Lipinski definition) is 2. The van der Waals surface area contributed by atoms with Crippen LogP contribution in [-0.4, -0.2) is 76.9 Å². The lowest BCUT2D eigenvalue weighted by Crippen LogP contribution is -2.29. The van der Waals surface area contributed by atoms with E-state index < -0.39 is 24.1 Å². The second-order valence-electron chi connectivity index (χ2n) is 12.9. The van der Waals surface area contributed by atoms with E-state index in [0.717, 1.165) is 44.9 Å². The van der Waals surface area contributed by atoms with Crippen molar-refractivity contribution >= 4 is 24.1 Å². The molecule has 0 spiro atoms. The fraction of sp³-hybridized carbons (Fsp3) is 0.487. The van der Waals surface area contributed by atoms with Gasteiger partial charge in [-0.25, -0.2) is 19.2 Å². The first-order valence-electron chi connectivity index (χ1n) is 17.0. The van der Waals surface area contributed by atoms with Crippen molar-refractivity contribution < 1.29 is 47.6 Å². The molecule has 0 saturated heterocycles. The highest BCUT2D eigenvalue weighted by Gasteiger charge is 2.26. The molecule has 0 saturated carbocycles. The van der Waals surface area contributed by atoms with Crippen molar-refractivity contribution in [2.75, 3.05) is 52.7 Å². The lowest BCUT2D eigenvalue weighted by molar-refractivity contribution is -0.139. The maximum atomic E-state index is 11.9. The summed E-state index contributed by atoms with van der Waals surface area (Å²) < 4.78 is 32.4. The third-order valence-corrected chi connectivity index (χ3v) is 7.81. The van der Waals surface area contributed by atoms with Crippen molar-refractivity contribution in [1.82, 2.24) is 10.6 Å². The van der Waals surface area contributed by atoms with Crippen LogP contribution in [-0.2, 0) is 34.0 Å². The molecule has 0 unspecified atom stereocenters. The summed E-state index contributed by atoms with van der Waals surface area (Å²) in [4.78, 5) is 46.4. The molecule has 0 radical (unpaired) electrons. The Bertz CT molecular complexity index is 1400. The van der Waals surface area contributed by atoms with E-state index in [0.29, 0.717) is 37.2 Å². The molecule has 0 atom stereocenters. The zero-order valence-corrected chi connectivity index (χ0v) is 31.4. The van der Waals surface area contributed by atoms with Crippen molar-refractivity contribution in [3.63, 3.8) is 0 Å². The SMILES string of the molecule is C=C(C)C(=O)OCCNC(=O)OCCCOc1c(C)cc(C(C)(C)c2cc(C)c(OCCCOC(=O)NCCOC(=O)C(=C)C)c(C)c2)cc1C. The number of carbonyl (C=O) groups excluding carboxylic acids is 4. The van der Waals surface area contributed by atoms with Crippen LogP contribution >= 0.6 is 0 Å². The van der Waals surface area contributed by atoms with E-state index in [9.17, 15) is 19.2 Å².